The largest absolute Gasteiger partial charge is 0.506 e. The summed E-state index contributed by atoms with van der Waals surface area (Å²) >= 11 is 0. The van der Waals surface area contributed by atoms with Crippen molar-refractivity contribution < 1.29 is 14.4 Å². The van der Waals surface area contributed by atoms with Crippen LogP contribution in [-0.2, 0) is 6.54 Å². The Balaban J connectivity index is 2.24. The molecule has 1 aromatic heterocycles. The van der Waals surface area contributed by atoms with E-state index in [4.69, 9.17) is 0 Å². The molecule has 0 fully saturated rings. The molecule has 6 nitrogen and oxygen atoms in total. The van der Waals surface area contributed by atoms with Gasteiger partial charge >= 0.3 is 0 Å². The van der Waals surface area contributed by atoms with E-state index in [-0.39, 0.29) is 23.7 Å². The van der Waals surface area contributed by atoms with Gasteiger partial charge in [-0.2, -0.15) is 0 Å². The minimum Gasteiger partial charge on any atom is -0.506 e. The molecule has 0 bridgehead atoms. The number of rotatable bonds is 4. The third kappa shape index (κ3) is 3.00. The summed E-state index contributed by atoms with van der Waals surface area (Å²) in [5.41, 5.74) is 0.841. The van der Waals surface area contributed by atoms with Crippen molar-refractivity contribution in [1.82, 2.24) is 4.98 Å². The molecule has 2 N–H and O–H groups in total. The van der Waals surface area contributed by atoms with Crippen molar-refractivity contribution in [2.45, 2.75) is 13.5 Å². The number of benzene rings is 1. The SMILES string of the molecule is Cc1ccc(O)c(CNc2cc(F)ccc2[N+](=O)[O-])n1. The maximum absolute atomic E-state index is 13.2. The van der Waals surface area contributed by atoms with Crippen molar-refractivity contribution in [2.75, 3.05) is 5.32 Å². The van der Waals surface area contributed by atoms with Gasteiger partial charge in [0.2, 0.25) is 0 Å². The Morgan fingerprint density at radius 1 is 1.40 bits per heavy atom. The molecule has 104 valence electrons. The highest BCUT2D eigenvalue weighted by molar-refractivity contribution is 5.61. The molecule has 1 heterocycles. The minimum absolute atomic E-state index is 0.0258. The Labute approximate surface area is 114 Å². The molecule has 0 aliphatic heterocycles. The predicted molar refractivity (Wildman–Crippen MR) is 71.0 cm³/mol. The monoisotopic (exact) mass is 277 g/mol. The molecule has 0 atom stereocenters. The van der Waals surface area contributed by atoms with E-state index in [2.05, 4.69) is 10.3 Å². The number of halogens is 1. The average molecular weight is 277 g/mol. The first-order valence-electron chi connectivity index (χ1n) is 5.80. The topological polar surface area (TPSA) is 88.3 Å². The number of aromatic nitrogens is 1. The van der Waals surface area contributed by atoms with E-state index in [9.17, 15) is 19.6 Å². The summed E-state index contributed by atoms with van der Waals surface area (Å²) in [7, 11) is 0. The lowest BCUT2D eigenvalue weighted by atomic mass is 10.2. The number of nitrogens with zero attached hydrogens (tertiary/aromatic N) is 2. The van der Waals surface area contributed by atoms with E-state index in [1.54, 1.807) is 13.0 Å². The van der Waals surface area contributed by atoms with Crippen molar-refractivity contribution >= 4 is 11.4 Å². The number of hydrogen-bond acceptors (Lipinski definition) is 5. The normalized spacial score (nSPS) is 10.3. The van der Waals surface area contributed by atoms with Gasteiger partial charge in [0, 0.05) is 17.8 Å². The second-order valence-corrected chi connectivity index (χ2v) is 4.19. The minimum atomic E-state index is -0.606. The molecule has 1 aromatic carbocycles. The first-order chi connectivity index (χ1) is 9.47. The number of pyridine rings is 1. The van der Waals surface area contributed by atoms with E-state index in [1.807, 2.05) is 0 Å². The number of anilines is 1. The lowest BCUT2D eigenvalue weighted by Crippen LogP contribution is -2.05. The molecule has 0 spiro atoms. The highest BCUT2D eigenvalue weighted by Crippen LogP contribution is 2.26. The van der Waals surface area contributed by atoms with Crippen LogP contribution in [0.5, 0.6) is 5.75 Å². The highest BCUT2D eigenvalue weighted by Gasteiger charge is 2.15. The zero-order valence-corrected chi connectivity index (χ0v) is 10.6. The molecule has 0 radical (unpaired) electrons. The van der Waals surface area contributed by atoms with Gasteiger partial charge in [-0.25, -0.2) is 4.39 Å². The summed E-state index contributed by atoms with van der Waals surface area (Å²) in [6.07, 6.45) is 0. The van der Waals surface area contributed by atoms with Gasteiger partial charge in [-0.15, -0.1) is 0 Å². The molecule has 2 rings (SSSR count). The maximum atomic E-state index is 13.2. The van der Waals surface area contributed by atoms with Crippen LogP contribution in [0.1, 0.15) is 11.4 Å². The van der Waals surface area contributed by atoms with Crippen LogP contribution in [0.3, 0.4) is 0 Å². The van der Waals surface area contributed by atoms with Crippen LogP contribution < -0.4 is 5.32 Å². The van der Waals surface area contributed by atoms with Crippen molar-refractivity contribution in [1.29, 1.82) is 0 Å². The Kier molecular flexibility index (Phi) is 3.79. The van der Waals surface area contributed by atoms with Gasteiger partial charge in [0.25, 0.3) is 5.69 Å². The van der Waals surface area contributed by atoms with Crippen LogP contribution in [0.15, 0.2) is 30.3 Å². The zero-order chi connectivity index (χ0) is 14.7. The number of hydrogen-bond donors (Lipinski definition) is 2. The van der Waals surface area contributed by atoms with E-state index in [1.165, 1.54) is 6.07 Å². The van der Waals surface area contributed by atoms with E-state index in [0.717, 1.165) is 18.2 Å². The molecular formula is C13H12FN3O3. The van der Waals surface area contributed by atoms with Gasteiger partial charge in [-0.1, -0.05) is 0 Å². The number of nitro benzene ring substituents is 1. The van der Waals surface area contributed by atoms with Gasteiger partial charge in [0.1, 0.15) is 22.9 Å². The zero-order valence-electron chi connectivity index (χ0n) is 10.6. The first kappa shape index (κ1) is 13.7. The van der Waals surface area contributed by atoms with Gasteiger partial charge < -0.3 is 10.4 Å². The van der Waals surface area contributed by atoms with Crippen molar-refractivity contribution in [3.8, 4) is 5.75 Å². The lowest BCUT2D eigenvalue weighted by Gasteiger charge is -2.08. The molecule has 0 saturated heterocycles. The van der Waals surface area contributed by atoms with E-state index >= 15 is 0 Å². The molecule has 0 aliphatic carbocycles. The lowest BCUT2D eigenvalue weighted by molar-refractivity contribution is -0.384. The van der Waals surface area contributed by atoms with Crippen LogP contribution in [0.2, 0.25) is 0 Å². The predicted octanol–water partition coefficient (Wildman–Crippen LogP) is 2.76. The van der Waals surface area contributed by atoms with Crippen LogP contribution in [-0.4, -0.2) is 15.0 Å². The standard InChI is InChI=1S/C13H12FN3O3/c1-8-2-5-13(18)11(16-8)7-15-10-6-9(14)3-4-12(10)17(19)20/h2-6,15,18H,7H2,1H3. The summed E-state index contributed by atoms with van der Waals surface area (Å²) < 4.78 is 13.2. The molecule has 0 saturated carbocycles. The van der Waals surface area contributed by atoms with Crippen LogP contribution in [0.4, 0.5) is 15.8 Å². The van der Waals surface area contributed by atoms with Crippen molar-refractivity contribution in [3.05, 3.63) is 57.7 Å². The fourth-order valence-electron chi connectivity index (χ4n) is 1.72. The van der Waals surface area contributed by atoms with Gasteiger partial charge in [-0.3, -0.25) is 15.1 Å². The van der Waals surface area contributed by atoms with E-state index in [0.29, 0.717) is 11.4 Å². The third-order valence-corrected chi connectivity index (χ3v) is 2.69. The quantitative estimate of drug-likeness (QED) is 0.662. The number of nitro groups is 1. The molecular weight excluding hydrogens is 265 g/mol. The molecule has 0 amide bonds. The van der Waals surface area contributed by atoms with E-state index < -0.39 is 10.7 Å². The van der Waals surface area contributed by atoms with Gasteiger partial charge in [0.15, 0.2) is 0 Å². The van der Waals surface area contributed by atoms with Crippen LogP contribution in [0, 0.1) is 22.9 Å². The molecule has 0 unspecified atom stereocenters. The second-order valence-electron chi connectivity index (χ2n) is 4.19. The maximum Gasteiger partial charge on any atom is 0.292 e. The van der Waals surface area contributed by atoms with Crippen molar-refractivity contribution in [3.63, 3.8) is 0 Å². The summed E-state index contributed by atoms with van der Waals surface area (Å²) in [4.78, 5) is 14.3. The molecule has 2 aromatic rings. The Morgan fingerprint density at radius 3 is 2.85 bits per heavy atom. The first-order valence-corrected chi connectivity index (χ1v) is 5.80. The van der Waals surface area contributed by atoms with Gasteiger partial charge in [-0.05, 0) is 25.1 Å². The Bertz CT molecular complexity index is 661. The molecule has 7 heteroatoms. The smallest absolute Gasteiger partial charge is 0.292 e. The second kappa shape index (κ2) is 5.52. The number of aromatic hydroxyl groups is 1. The van der Waals surface area contributed by atoms with Crippen LogP contribution >= 0.6 is 0 Å². The summed E-state index contributed by atoms with van der Waals surface area (Å²) in [5.74, 6) is -0.610. The Morgan fingerprint density at radius 2 is 2.15 bits per heavy atom. The Hall–Kier alpha value is -2.70. The van der Waals surface area contributed by atoms with Crippen LogP contribution in [0.25, 0.3) is 0 Å². The average Bonchev–Trinajstić information content (AvgIpc) is 2.39. The summed E-state index contributed by atoms with van der Waals surface area (Å²) in [5, 5.41) is 23.2. The number of aryl methyl sites for hydroxylation is 1. The fourth-order valence-corrected chi connectivity index (χ4v) is 1.72. The summed E-state index contributed by atoms with van der Waals surface area (Å²) in [6, 6.07) is 6.26. The highest BCUT2D eigenvalue weighted by atomic mass is 19.1. The fraction of sp³-hybridized carbons (Fsp3) is 0.154. The van der Waals surface area contributed by atoms with Crippen molar-refractivity contribution in [2.24, 2.45) is 0 Å². The van der Waals surface area contributed by atoms with Gasteiger partial charge in [0.05, 0.1) is 11.5 Å². The summed E-state index contributed by atoms with van der Waals surface area (Å²) in [6.45, 7) is 1.81. The third-order valence-electron chi connectivity index (χ3n) is 2.69. The number of nitrogens with one attached hydrogen (secondary N) is 1. The molecule has 0 aliphatic rings. The molecule has 20 heavy (non-hydrogen) atoms.